The average Bonchev–Trinajstić information content (AvgIpc) is 2.91. The van der Waals surface area contributed by atoms with Gasteiger partial charge in [-0.2, -0.15) is 5.10 Å². The number of hydrogen-bond donors (Lipinski definition) is 2. The third-order valence-electron chi connectivity index (χ3n) is 3.25. The highest BCUT2D eigenvalue weighted by molar-refractivity contribution is 5.95. The van der Waals surface area contributed by atoms with E-state index >= 15 is 0 Å². The largest absolute Gasteiger partial charge is 0.348 e. The van der Waals surface area contributed by atoms with Crippen LogP contribution in [0.5, 0.6) is 0 Å². The molecule has 120 valence electrons. The first-order chi connectivity index (χ1) is 10.1. The first kappa shape index (κ1) is 18.1. The van der Waals surface area contributed by atoms with Gasteiger partial charge in [-0.1, -0.05) is 6.92 Å². The Bertz CT molecular complexity index is 627. The fourth-order valence-electron chi connectivity index (χ4n) is 2.07. The Morgan fingerprint density at radius 3 is 2.59 bits per heavy atom. The van der Waals surface area contributed by atoms with Crippen LogP contribution in [0.2, 0.25) is 0 Å². The number of nitrogens with one attached hydrogen (secondary N) is 1. The molecule has 0 unspecified atom stereocenters. The molecule has 2 aromatic rings. The van der Waals surface area contributed by atoms with Crippen LogP contribution in [0.25, 0.3) is 5.69 Å². The summed E-state index contributed by atoms with van der Waals surface area (Å²) in [5, 5.41) is 7.06. The van der Waals surface area contributed by atoms with Crippen molar-refractivity contribution in [2.75, 3.05) is 6.54 Å². The Labute approximate surface area is 135 Å². The summed E-state index contributed by atoms with van der Waals surface area (Å²) in [6.45, 7) is 4.16. The number of nitrogens with two attached hydrogens (primary N) is 1. The van der Waals surface area contributed by atoms with E-state index in [1.807, 2.05) is 13.8 Å². The zero-order valence-electron chi connectivity index (χ0n) is 12.5. The highest BCUT2D eigenvalue weighted by Crippen LogP contribution is 2.16. The van der Waals surface area contributed by atoms with Crippen LogP contribution in [0.3, 0.4) is 0 Å². The minimum atomic E-state index is -0.307. The fourth-order valence-corrected chi connectivity index (χ4v) is 2.07. The summed E-state index contributed by atoms with van der Waals surface area (Å²) in [5.41, 5.74) is 7.53. The van der Waals surface area contributed by atoms with Crippen molar-refractivity contribution in [2.45, 2.75) is 26.3 Å². The summed E-state index contributed by atoms with van der Waals surface area (Å²) in [5.74, 6) is -0.503. The second kappa shape index (κ2) is 7.91. The van der Waals surface area contributed by atoms with Gasteiger partial charge in [-0.05, 0) is 37.6 Å². The molecule has 1 aromatic heterocycles. The lowest BCUT2D eigenvalue weighted by Crippen LogP contribution is -2.38. The second-order valence-corrected chi connectivity index (χ2v) is 4.86. The average molecular weight is 327 g/mol. The molecule has 3 N–H and O–H groups in total. The minimum Gasteiger partial charge on any atom is -0.348 e. The summed E-state index contributed by atoms with van der Waals surface area (Å²) >= 11 is 0. The molecule has 0 saturated heterocycles. The summed E-state index contributed by atoms with van der Waals surface area (Å²) in [6.07, 6.45) is 2.16. The molecule has 0 saturated carbocycles. The van der Waals surface area contributed by atoms with Gasteiger partial charge in [0, 0.05) is 12.6 Å². The Kier molecular flexibility index (Phi) is 6.52. The van der Waals surface area contributed by atoms with Crippen molar-refractivity contribution in [3.05, 3.63) is 47.5 Å². The molecule has 22 heavy (non-hydrogen) atoms. The van der Waals surface area contributed by atoms with Crippen molar-refractivity contribution in [3.63, 3.8) is 0 Å². The monoisotopic (exact) mass is 326 g/mol. The lowest BCUT2D eigenvalue weighted by molar-refractivity contribution is 0.0940. The van der Waals surface area contributed by atoms with E-state index in [1.54, 1.807) is 16.8 Å². The van der Waals surface area contributed by atoms with Gasteiger partial charge < -0.3 is 11.1 Å². The van der Waals surface area contributed by atoms with Crippen LogP contribution in [0.15, 0.2) is 30.5 Å². The molecule has 1 aromatic carbocycles. The van der Waals surface area contributed by atoms with Gasteiger partial charge in [-0.15, -0.1) is 12.4 Å². The number of aromatic nitrogens is 2. The third kappa shape index (κ3) is 3.84. The van der Waals surface area contributed by atoms with Crippen LogP contribution in [0.1, 0.15) is 29.9 Å². The van der Waals surface area contributed by atoms with Gasteiger partial charge in [-0.25, -0.2) is 9.07 Å². The molecule has 1 atom stereocenters. The summed E-state index contributed by atoms with van der Waals surface area (Å²) in [6, 6.07) is 5.90. The van der Waals surface area contributed by atoms with Gasteiger partial charge in [0.05, 0.1) is 23.1 Å². The fraction of sp³-hybridized carbons (Fsp3) is 0.333. The lowest BCUT2D eigenvalue weighted by atomic mass is 10.1. The van der Waals surface area contributed by atoms with E-state index in [9.17, 15) is 9.18 Å². The number of benzene rings is 1. The highest BCUT2D eigenvalue weighted by Gasteiger charge is 2.18. The topological polar surface area (TPSA) is 72.9 Å². The van der Waals surface area contributed by atoms with E-state index in [4.69, 9.17) is 5.73 Å². The molecular formula is C15H20ClFN4O. The molecule has 0 aliphatic heterocycles. The molecule has 0 bridgehead atoms. The maximum Gasteiger partial charge on any atom is 0.255 e. The predicted octanol–water partition coefficient (Wildman–Crippen LogP) is 2.07. The minimum absolute atomic E-state index is 0. The van der Waals surface area contributed by atoms with Crippen molar-refractivity contribution in [1.29, 1.82) is 0 Å². The number of halogens is 2. The quantitative estimate of drug-likeness (QED) is 0.883. The van der Waals surface area contributed by atoms with Gasteiger partial charge in [0.1, 0.15) is 5.82 Å². The summed E-state index contributed by atoms with van der Waals surface area (Å²) < 4.78 is 14.6. The second-order valence-electron chi connectivity index (χ2n) is 4.86. The molecule has 0 fully saturated rings. The third-order valence-corrected chi connectivity index (χ3v) is 3.25. The molecule has 2 rings (SSSR count). The van der Waals surface area contributed by atoms with Crippen LogP contribution in [-0.4, -0.2) is 28.3 Å². The lowest BCUT2D eigenvalue weighted by Gasteiger charge is -2.12. The van der Waals surface area contributed by atoms with Gasteiger partial charge in [0.15, 0.2) is 0 Å². The zero-order valence-corrected chi connectivity index (χ0v) is 13.4. The number of carbonyl (C=O) groups is 1. The maximum atomic E-state index is 13.0. The molecule has 0 radical (unpaired) electrons. The van der Waals surface area contributed by atoms with Crippen molar-refractivity contribution < 1.29 is 9.18 Å². The Balaban J connectivity index is 0.00000242. The zero-order chi connectivity index (χ0) is 15.4. The van der Waals surface area contributed by atoms with E-state index in [1.165, 1.54) is 18.3 Å². The number of carbonyl (C=O) groups excluding carboxylic acids is 1. The van der Waals surface area contributed by atoms with Crippen LogP contribution < -0.4 is 11.1 Å². The smallest absolute Gasteiger partial charge is 0.255 e. The number of rotatable bonds is 5. The molecular weight excluding hydrogens is 307 g/mol. The number of nitrogens with zero attached hydrogens (tertiary/aromatic N) is 2. The molecule has 1 heterocycles. The SMILES string of the molecule is CCc1c(C(=O)N[C@@H](C)CN)cnn1-c1ccc(F)cc1.Cl. The molecule has 0 spiro atoms. The normalized spacial score (nSPS) is 11.6. The van der Waals surface area contributed by atoms with Crippen LogP contribution in [-0.2, 0) is 6.42 Å². The molecule has 7 heteroatoms. The van der Waals surface area contributed by atoms with Crippen molar-refractivity contribution >= 4 is 18.3 Å². The molecule has 1 amide bonds. The molecule has 5 nitrogen and oxygen atoms in total. The summed E-state index contributed by atoms with van der Waals surface area (Å²) in [4.78, 5) is 12.2. The van der Waals surface area contributed by atoms with E-state index < -0.39 is 0 Å². The number of amides is 1. The Morgan fingerprint density at radius 2 is 2.05 bits per heavy atom. The van der Waals surface area contributed by atoms with E-state index in [0.717, 1.165) is 11.4 Å². The van der Waals surface area contributed by atoms with E-state index in [2.05, 4.69) is 10.4 Å². The van der Waals surface area contributed by atoms with Crippen molar-refractivity contribution in [1.82, 2.24) is 15.1 Å². The standard InChI is InChI=1S/C15H19FN4O.ClH/c1-3-14-13(15(21)19-10(2)8-17)9-18-20(14)12-6-4-11(16)5-7-12;/h4-7,9-10H,3,8,17H2,1-2H3,(H,19,21);1H/t10-;/m0./s1. The molecule has 0 aliphatic rings. The van der Waals surface area contributed by atoms with E-state index in [0.29, 0.717) is 18.5 Å². The Hall–Kier alpha value is -1.92. The van der Waals surface area contributed by atoms with Crippen LogP contribution >= 0.6 is 12.4 Å². The van der Waals surface area contributed by atoms with E-state index in [-0.39, 0.29) is 30.2 Å². The van der Waals surface area contributed by atoms with Gasteiger partial charge in [0.2, 0.25) is 0 Å². The van der Waals surface area contributed by atoms with Crippen LogP contribution in [0.4, 0.5) is 4.39 Å². The van der Waals surface area contributed by atoms with Gasteiger partial charge in [0.25, 0.3) is 5.91 Å². The Morgan fingerprint density at radius 1 is 1.41 bits per heavy atom. The maximum absolute atomic E-state index is 13.0. The van der Waals surface area contributed by atoms with Gasteiger partial charge in [-0.3, -0.25) is 4.79 Å². The van der Waals surface area contributed by atoms with Crippen LogP contribution in [0, 0.1) is 5.82 Å². The van der Waals surface area contributed by atoms with Gasteiger partial charge >= 0.3 is 0 Å². The summed E-state index contributed by atoms with van der Waals surface area (Å²) in [7, 11) is 0. The first-order valence-corrected chi connectivity index (χ1v) is 6.90. The highest BCUT2D eigenvalue weighted by atomic mass is 35.5. The number of hydrogen-bond acceptors (Lipinski definition) is 3. The van der Waals surface area contributed by atoms with Crippen molar-refractivity contribution in [2.24, 2.45) is 5.73 Å². The first-order valence-electron chi connectivity index (χ1n) is 6.90. The molecule has 0 aliphatic carbocycles. The predicted molar refractivity (Wildman–Crippen MR) is 86.1 cm³/mol. The van der Waals surface area contributed by atoms with Crippen molar-refractivity contribution in [3.8, 4) is 5.69 Å².